The normalized spacial score (nSPS) is 19.8. The Morgan fingerprint density at radius 2 is 2.05 bits per heavy atom. The van der Waals surface area contributed by atoms with E-state index in [1.807, 2.05) is 4.90 Å². The van der Waals surface area contributed by atoms with Gasteiger partial charge in [-0.05, 0) is 18.3 Å². The summed E-state index contributed by atoms with van der Waals surface area (Å²) in [5.41, 5.74) is 0. The molecule has 5 nitrogen and oxygen atoms in total. The van der Waals surface area contributed by atoms with Crippen LogP contribution >= 0.6 is 0 Å². The monoisotopic (exact) mass is 284 g/mol. The first kappa shape index (κ1) is 17.0. The maximum Gasteiger partial charge on any atom is 0.248 e. The number of carbonyl (C=O) groups excluding carboxylic acids is 2. The largest absolute Gasteiger partial charge is 0.365 e. The molecule has 0 aliphatic carbocycles. The van der Waals surface area contributed by atoms with Crippen molar-refractivity contribution >= 4 is 11.8 Å². The van der Waals surface area contributed by atoms with Crippen LogP contribution in [0.25, 0.3) is 0 Å². The van der Waals surface area contributed by atoms with Crippen molar-refractivity contribution in [1.29, 1.82) is 0 Å². The van der Waals surface area contributed by atoms with Crippen LogP contribution in [-0.2, 0) is 14.3 Å². The van der Waals surface area contributed by atoms with Gasteiger partial charge in [0.05, 0.1) is 6.10 Å². The Kier molecular flexibility index (Phi) is 6.99. The number of hydrogen-bond donors (Lipinski definition) is 1. The third kappa shape index (κ3) is 6.37. The third-order valence-electron chi connectivity index (χ3n) is 3.28. The molecule has 1 aliphatic rings. The Balaban J connectivity index is 2.30. The SMILES string of the molecule is CC(C)CCC(=O)NCC1CN(CC(C)C)C(=O)CO1. The summed E-state index contributed by atoms with van der Waals surface area (Å²) in [6.45, 7) is 10.3. The molecule has 1 atom stereocenters. The second-order valence-electron chi connectivity index (χ2n) is 6.36. The molecular weight excluding hydrogens is 256 g/mol. The quantitative estimate of drug-likeness (QED) is 0.769. The smallest absolute Gasteiger partial charge is 0.248 e. The molecule has 20 heavy (non-hydrogen) atoms. The lowest BCUT2D eigenvalue weighted by Crippen LogP contribution is -2.51. The summed E-state index contributed by atoms with van der Waals surface area (Å²) >= 11 is 0. The fraction of sp³-hybridized carbons (Fsp3) is 0.867. The maximum atomic E-state index is 11.7. The average Bonchev–Trinajstić information content (AvgIpc) is 2.36. The molecule has 5 heteroatoms. The van der Waals surface area contributed by atoms with E-state index in [-0.39, 0.29) is 24.5 Å². The first-order valence-electron chi connectivity index (χ1n) is 7.54. The molecule has 1 saturated heterocycles. The summed E-state index contributed by atoms with van der Waals surface area (Å²) in [6.07, 6.45) is 1.36. The summed E-state index contributed by atoms with van der Waals surface area (Å²) in [6, 6.07) is 0. The van der Waals surface area contributed by atoms with Gasteiger partial charge in [0.2, 0.25) is 11.8 Å². The molecule has 0 spiro atoms. The van der Waals surface area contributed by atoms with Crippen LogP contribution in [0, 0.1) is 11.8 Å². The van der Waals surface area contributed by atoms with Crippen molar-refractivity contribution in [3.05, 3.63) is 0 Å². The van der Waals surface area contributed by atoms with E-state index >= 15 is 0 Å². The highest BCUT2D eigenvalue weighted by molar-refractivity contribution is 5.78. The number of ether oxygens (including phenoxy) is 1. The predicted molar refractivity (Wildman–Crippen MR) is 78.2 cm³/mol. The van der Waals surface area contributed by atoms with Gasteiger partial charge in [0.15, 0.2) is 0 Å². The van der Waals surface area contributed by atoms with Crippen molar-refractivity contribution in [3.8, 4) is 0 Å². The van der Waals surface area contributed by atoms with Crippen molar-refractivity contribution in [2.24, 2.45) is 11.8 Å². The van der Waals surface area contributed by atoms with Crippen LogP contribution in [-0.4, -0.2) is 49.1 Å². The van der Waals surface area contributed by atoms with E-state index < -0.39 is 0 Å². The molecule has 1 N–H and O–H groups in total. The summed E-state index contributed by atoms with van der Waals surface area (Å²) in [5.74, 6) is 1.08. The van der Waals surface area contributed by atoms with E-state index in [0.29, 0.717) is 31.3 Å². The van der Waals surface area contributed by atoms with Crippen LogP contribution in [0.2, 0.25) is 0 Å². The van der Waals surface area contributed by atoms with Gasteiger partial charge < -0.3 is 15.0 Å². The Hall–Kier alpha value is -1.10. The number of amides is 2. The van der Waals surface area contributed by atoms with Crippen molar-refractivity contribution in [2.75, 3.05) is 26.2 Å². The molecule has 0 aromatic rings. The molecule has 1 aliphatic heterocycles. The van der Waals surface area contributed by atoms with Gasteiger partial charge in [-0.1, -0.05) is 27.7 Å². The molecule has 1 unspecified atom stereocenters. The van der Waals surface area contributed by atoms with Crippen LogP contribution < -0.4 is 5.32 Å². The molecule has 0 aromatic carbocycles. The lowest BCUT2D eigenvalue weighted by atomic mass is 10.1. The Bertz CT molecular complexity index is 329. The van der Waals surface area contributed by atoms with E-state index in [1.165, 1.54) is 0 Å². The van der Waals surface area contributed by atoms with Crippen LogP contribution in [0.15, 0.2) is 0 Å². The number of rotatable bonds is 7. The van der Waals surface area contributed by atoms with Gasteiger partial charge in [-0.3, -0.25) is 9.59 Å². The fourth-order valence-electron chi connectivity index (χ4n) is 2.16. The number of morpholine rings is 1. The highest BCUT2D eigenvalue weighted by atomic mass is 16.5. The minimum Gasteiger partial charge on any atom is -0.365 e. The standard InChI is InChI=1S/C15H28N2O3/c1-11(2)5-6-14(18)16-7-13-9-17(8-12(3)4)15(19)10-20-13/h11-13H,5-10H2,1-4H3,(H,16,18). The first-order valence-corrected chi connectivity index (χ1v) is 7.54. The second kappa shape index (κ2) is 8.25. The molecule has 116 valence electrons. The molecule has 0 radical (unpaired) electrons. The van der Waals surface area contributed by atoms with E-state index in [1.54, 1.807) is 0 Å². The second-order valence-corrected chi connectivity index (χ2v) is 6.36. The van der Waals surface area contributed by atoms with Gasteiger partial charge in [0.25, 0.3) is 0 Å². The van der Waals surface area contributed by atoms with E-state index in [2.05, 4.69) is 33.0 Å². The summed E-state index contributed by atoms with van der Waals surface area (Å²) < 4.78 is 5.47. The number of nitrogens with zero attached hydrogens (tertiary/aromatic N) is 1. The molecule has 1 heterocycles. The zero-order valence-electron chi connectivity index (χ0n) is 13.1. The molecule has 2 amide bonds. The average molecular weight is 284 g/mol. The Morgan fingerprint density at radius 3 is 2.65 bits per heavy atom. The molecule has 1 rings (SSSR count). The van der Waals surface area contributed by atoms with Gasteiger partial charge in [-0.15, -0.1) is 0 Å². The number of nitrogens with one attached hydrogen (secondary N) is 1. The van der Waals surface area contributed by atoms with Crippen LogP contribution in [0.3, 0.4) is 0 Å². The minimum atomic E-state index is -0.0885. The van der Waals surface area contributed by atoms with Gasteiger partial charge in [-0.2, -0.15) is 0 Å². The summed E-state index contributed by atoms with van der Waals surface area (Å²) in [4.78, 5) is 25.2. The number of hydrogen-bond acceptors (Lipinski definition) is 3. The Morgan fingerprint density at radius 1 is 1.35 bits per heavy atom. The minimum absolute atomic E-state index is 0.0427. The van der Waals surface area contributed by atoms with Crippen molar-refractivity contribution in [2.45, 2.75) is 46.6 Å². The van der Waals surface area contributed by atoms with Gasteiger partial charge >= 0.3 is 0 Å². The molecule has 1 fully saturated rings. The first-order chi connectivity index (χ1) is 9.38. The van der Waals surface area contributed by atoms with Crippen LogP contribution in [0.5, 0.6) is 0 Å². The highest BCUT2D eigenvalue weighted by Crippen LogP contribution is 2.09. The van der Waals surface area contributed by atoms with Crippen LogP contribution in [0.1, 0.15) is 40.5 Å². The van der Waals surface area contributed by atoms with Crippen molar-refractivity contribution < 1.29 is 14.3 Å². The maximum absolute atomic E-state index is 11.7. The lowest BCUT2D eigenvalue weighted by molar-refractivity contribution is -0.149. The van der Waals surface area contributed by atoms with Gasteiger partial charge in [-0.25, -0.2) is 0 Å². The molecular formula is C15H28N2O3. The van der Waals surface area contributed by atoms with Crippen LogP contribution in [0.4, 0.5) is 0 Å². The summed E-state index contributed by atoms with van der Waals surface area (Å²) in [7, 11) is 0. The fourth-order valence-corrected chi connectivity index (χ4v) is 2.16. The van der Waals surface area contributed by atoms with Crippen molar-refractivity contribution in [1.82, 2.24) is 10.2 Å². The molecule has 0 aromatic heterocycles. The summed E-state index contributed by atoms with van der Waals surface area (Å²) in [5, 5.41) is 2.89. The molecule has 0 saturated carbocycles. The van der Waals surface area contributed by atoms with Crippen molar-refractivity contribution in [3.63, 3.8) is 0 Å². The number of carbonyl (C=O) groups is 2. The zero-order valence-corrected chi connectivity index (χ0v) is 13.1. The van der Waals surface area contributed by atoms with E-state index in [4.69, 9.17) is 4.74 Å². The predicted octanol–water partition coefficient (Wildman–Crippen LogP) is 1.42. The van der Waals surface area contributed by atoms with E-state index in [0.717, 1.165) is 13.0 Å². The Labute approximate surface area is 122 Å². The highest BCUT2D eigenvalue weighted by Gasteiger charge is 2.26. The van der Waals surface area contributed by atoms with Gasteiger partial charge in [0, 0.05) is 26.1 Å². The zero-order chi connectivity index (χ0) is 15.1. The third-order valence-corrected chi connectivity index (χ3v) is 3.28. The topological polar surface area (TPSA) is 58.6 Å². The lowest BCUT2D eigenvalue weighted by Gasteiger charge is -2.33. The van der Waals surface area contributed by atoms with E-state index in [9.17, 15) is 9.59 Å². The molecule has 0 bridgehead atoms. The van der Waals surface area contributed by atoms with Gasteiger partial charge in [0.1, 0.15) is 6.61 Å².